The van der Waals surface area contributed by atoms with E-state index in [4.69, 9.17) is 19.5 Å². The summed E-state index contributed by atoms with van der Waals surface area (Å²) in [6, 6.07) is 2.82. The van der Waals surface area contributed by atoms with Crippen molar-refractivity contribution < 1.29 is 38.7 Å². The highest BCUT2D eigenvalue weighted by Gasteiger charge is 2.28. The van der Waals surface area contributed by atoms with Crippen LogP contribution in [0.4, 0.5) is 5.69 Å². The van der Waals surface area contributed by atoms with Crippen LogP contribution in [0.5, 0.6) is 11.5 Å². The van der Waals surface area contributed by atoms with Crippen molar-refractivity contribution in [2.24, 2.45) is 0 Å². The Morgan fingerprint density at radius 1 is 1.15 bits per heavy atom. The number of benzene rings is 1. The Balaban J connectivity index is 2.96. The van der Waals surface area contributed by atoms with Crippen molar-refractivity contribution in [1.82, 2.24) is 4.90 Å². The Bertz CT molecular complexity index is 566. The van der Waals surface area contributed by atoms with Gasteiger partial charge < -0.3 is 29.4 Å². The highest BCUT2D eigenvalue weighted by molar-refractivity contribution is 5.94. The number of nitrogens with zero attached hydrogens (tertiary/aromatic N) is 1. The van der Waals surface area contributed by atoms with Gasteiger partial charge >= 0.3 is 22.5 Å². The van der Waals surface area contributed by atoms with Gasteiger partial charge in [-0.15, -0.1) is 4.29 Å². The lowest BCUT2D eigenvalue weighted by molar-refractivity contribution is -1.62. The van der Waals surface area contributed by atoms with Crippen LogP contribution in [0.15, 0.2) is 12.1 Å². The first kappa shape index (κ1) is 22.3. The van der Waals surface area contributed by atoms with Gasteiger partial charge in [0.15, 0.2) is 5.75 Å². The Labute approximate surface area is 157 Å². The average molecular weight is 391 g/mol. The monoisotopic (exact) mass is 390 g/mol. The number of anilines is 1. The zero-order chi connectivity index (χ0) is 19.5. The van der Waals surface area contributed by atoms with Gasteiger partial charge in [-0.05, 0) is 31.6 Å². The van der Waals surface area contributed by atoms with Gasteiger partial charge in [0, 0.05) is 6.54 Å². The molecule has 0 atom stereocenters. The molecule has 0 aliphatic rings. The molecule has 2 N–H and O–H groups in total. The van der Waals surface area contributed by atoms with Gasteiger partial charge in [0.2, 0.25) is 0 Å². The normalized spacial score (nSPS) is 11.0. The van der Waals surface area contributed by atoms with Crippen molar-refractivity contribution in [3.05, 3.63) is 17.7 Å². The smallest absolute Gasteiger partial charge is 0.350 e. The van der Waals surface area contributed by atoms with Crippen LogP contribution in [-0.2, 0) is 4.74 Å². The molecule has 0 saturated carbocycles. The van der Waals surface area contributed by atoms with Gasteiger partial charge in [-0.3, -0.25) is 0 Å². The zero-order valence-corrected chi connectivity index (χ0v) is 16.2. The second-order valence-corrected chi connectivity index (χ2v) is 6.02. The number of nitrogens with two attached hydrogens (primary N) is 1. The van der Waals surface area contributed by atoms with Crippen LogP contribution in [0.3, 0.4) is 0 Å². The molecule has 1 rings (SSSR count). The first-order valence-electron chi connectivity index (χ1n) is 8.63. The third kappa shape index (κ3) is 6.87. The Kier molecular flexibility index (Phi) is 10.1. The van der Waals surface area contributed by atoms with Crippen molar-refractivity contribution in [2.75, 3.05) is 38.6 Å². The Morgan fingerprint density at radius 3 is 2.42 bits per heavy atom. The lowest BCUT2D eigenvalue weighted by Crippen LogP contribution is -2.37. The minimum Gasteiger partial charge on any atom is -0.487 e. The second kappa shape index (κ2) is 11.8. The summed E-state index contributed by atoms with van der Waals surface area (Å²) in [7, 11) is -2.53. The van der Waals surface area contributed by atoms with E-state index in [2.05, 4.69) is 4.90 Å². The maximum absolute atomic E-state index is 12.4. The summed E-state index contributed by atoms with van der Waals surface area (Å²) in [5.41, 5.74) is 5.98. The summed E-state index contributed by atoms with van der Waals surface area (Å²) in [5, 5.41) is 0. The molecule has 0 bridgehead atoms. The highest BCUT2D eigenvalue weighted by Crippen LogP contribution is 2.38. The molecule has 1 aromatic carbocycles. The van der Waals surface area contributed by atoms with Crippen molar-refractivity contribution in [2.45, 2.75) is 33.6 Å². The SMILES string of the molecule is CCCCOc1c(N)ccc(C(=O)OCCN(CC)CC)c1O[Cl+2]([O-])[O-]. The van der Waals surface area contributed by atoms with Gasteiger partial charge in [0.05, 0.1) is 12.3 Å². The zero-order valence-electron chi connectivity index (χ0n) is 15.5. The van der Waals surface area contributed by atoms with Crippen LogP contribution in [0.1, 0.15) is 44.0 Å². The van der Waals surface area contributed by atoms with E-state index in [0.717, 1.165) is 25.9 Å². The van der Waals surface area contributed by atoms with E-state index in [-0.39, 0.29) is 29.4 Å². The molecule has 0 heterocycles. The van der Waals surface area contributed by atoms with E-state index in [1.54, 1.807) is 0 Å². The molecule has 0 aliphatic heterocycles. The fourth-order valence-electron chi connectivity index (χ4n) is 2.23. The molecule has 0 unspecified atom stereocenters. The number of halogens is 1. The van der Waals surface area contributed by atoms with Gasteiger partial charge in [-0.1, -0.05) is 27.2 Å². The van der Waals surface area contributed by atoms with Crippen LogP contribution in [-0.4, -0.2) is 43.7 Å². The lowest BCUT2D eigenvalue weighted by Gasteiger charge is -2.18. The lowest BCUT2D eigenvalue weighted by atomic mass is 10.1. The molecule has 0 saturated heterocycles. The molecule has 0 spiro atoms. The molecular weight excluding hydrogens is 364 g/mol. The first-order chi connectivity index (χ1) is 12.4. The van der Waals surface area contributed by atoms with Crippen molar-refractivity contribution in [3.63, 3.8) is 0 Å². The fraction of sp³-hybridized carbons (Fsp3) is 0.588. The summed E-state index contributed by atoms with van der Waals surface area (Å²) in [5.74, 6) is -0.947. The third-order valence-electron chi connectivity index (χ3n) is 3.78. The minimum atomic E-state index is -2.53. The predicted octanol–water partition coefficient (Wildman–Crippen LogP) is 0.411. The second-order valence-electron chi connectivity index (χ2n) is 5.49. The highest BCUT2D eigenvalue weighted by atomic mass is 35.6. The Morgan fingerprint density at radius 2 is 1.85 bits per heavy atom. The van der Waals surface area contributed by atoms with E-state index in [9.17, 15) is 14.1 Å². The maximum Gasteiger partial charge on any atom is 0.350 e. The third-order valence-corrected chi connectivity index (χ3v) is 4.06. The van der Waals surface area contributed by atoms with Crippen molar-refractivity contribution in [1.29, 1.82) is 0 Å². The molecule has 8 nitrogen and oxygen atoms in total. The van der Waals surface area contributed by atoms with E-state index >= 15 is 0 Å². The molecule has 148 valence electrons. The van der Waals surface area contributed by atoms with Gasteiger partial charge in [-0.25, -0.2) is 4.79 Å². The van der Waals surface area contributed by atoms with Gasteiger partial charge in [-0.2, -0.15) is 0 Å². The van der Waals surface area contributed by atoms with Crippen molar-refractivity contribution >= 4 is 11.7 Å². The Hall–Kier alpha value is -1.74. The molecule has 9 heteroatoms. The number of unbranched alkanes of at least 4 members (excludes halogenated alkanes) is 1. The van der Waals surface area contributed by atoms with Crippen molar-refractivity contribution in [3.8, 4) is 11.5 Å². The number of hydrogen-bond acceptors (Lipinski definition) is 8. The minimum absolute atomic E-state index is 0.0193. The molecule has 1 aromatic rings. The number of esters is 1. The van der Waals surface area contributed by atoms with E-state index in [1.807, 2.05) is 20.8 Å². The van der Waals surface area contributed by atoms with E-state index < -0.39 is 16.8 Å². The molecular formula is C17H27ClN2O6. The molecule has 0 amide bonds. The van der Waals surface area contributed by atoms with Crippen LogP contribution < -0.4 is 24.1 Å². The summed E-state index contributed by atoms with van der Waals surface area (Å²) in [6.07, 6.45) is 1.63. The van der Waals surface area contributed by atoms with Crippen LogP contribution in [0.25, 0.3) is 0 Å². The molecule has 0 radical (unpaired) electrons. The number of nitrogen functional groups attached to an aromatic ring is 1. The average Bonchev–Trinajstić information content (AvgIpc) is 2.60. The summed E-state index contributed by atoms with van der Waals surface area (Å²) in [6.45, 7) is 8.76. The predicted molar refractivity (Wildman–Crippen MR) is 90.0 cm³/mol. The largest absolute Gasteiger partial charge is 0.487 e. The maximum atomic E-state index is 12.4. The van der Waals surface area contributed by atoms with Crippen LogP contribution >= 0.6 is 0 Å². The number of carbonyl (C=O) groups excluding carboxylic acids is 1. The van der Waals surface area contributed by atoms with Crippen LogP contribution in [0.2, 0.25) is 0 Å². The number of rotatable bonds is 12. The molecule has 0 fully saturated rings. The molecule has 26 heavy (non-hydrogen) atoms. The quantitative estimate of drug-likeness (QED) is 0.309. The van der Waals surface area contributed by atoms with Crippen LogP contribution in [0, 0.1) is 10.8 Å². The summed E-state index contributed by atoms with van der Waals surface area (Å²) < 4.78 is 37.5. The van der Waals surface area contributed by atoms with E-state index in [0.29, 0.717) is 13.2 Å². The number of likely N-dealkylation sites (N-methyl/N-ethyl adjacent to an activating group) is 1. The number of ether oxygens (including phenoxy) is 2. The summed E-state index contributed by atoms with van der Waals surface area (Å²) >= 11 is 0. The molecule has 0 aliphatic carbocycles. The standard InChI is InChI=1S/C17H27ClN2O6/c1-4-7-11-24-16-14(19)9-8-13(15(16)26-18(22)23)17(21)25-12-10-20(5-2)6-3/h8-9H,4-7,10-12,19H2,1-3H3. The van der Waals surface area contributed by atoms with Gasteiger partial charge in [0.1, 0.15) is 12.2 Å². The molecule has 0 aromatic heterocycles. The number of hydrogen-bond donors (Lipinski definition) is 1. The number of carbonyl (C=O) groups is 1. The fourth-order valence-corrected chi connectivity index (χ4v) is 2.51. The van der Waals surface area contributed by atoms with E-state index in [1.165, 1.54) is 12.1 Å². The summed E-state index contributed by atoms with van der Waals surface area (Å²) in [4.78, 5) is 14.5. The first-order valence-corrected chi connectivity index (χ1v) is 9.55. The van der Waals surface area contributed by atoms with Gasteiger partial charge in [0.25, 0.3) is 0 Å². The topological polar surface area (TPSA) is 120 Å².